The third kappa shape index (κ3) is 6.15. The standard InChI is InChI=1S/C30H28N4O3/c1-4-6-24(17-28(35)36)23-9-11-26(12-10-23)37-19-22-16-27(25-8-5-7-21(15-25)13-14-31)30-32-29(20(2)3)33-34(30)18-22/h5,7-12,15-16,18,20,24H,13,17,19H2,1-3H3,(H,35,36)/t24-/m0/s1. The van der Waals surface area contributed by atoms with Crippen molar-refractivity contribution in [2.24, 2.45) is 0 Å². The number of fused-ring (bicyclic) bond motifs is 1. The number of ether oxygens (including phenoxy) is 1. The third-order valence-corrected chi connectivity index (χ3v) is 5.93. The first kappa shape index (κ1) is 25.5. The Morgan fingerprint density at radius 3 is 2.59 bits per heavy atom. The number of carbonyl (C=O) groups is 1. The molecule has 37 heavy (non-hydrogen) atoms. The van der Waals surface area contributed by atoms with Gasteiger partial charge in [0.2, 0.25) is 0 Å². The van der Waals surface area contributed by atoms with Crippen LogP contribution in [0.15, 0.2) is 60.8 Å². The van der Waals surface area contributed by atoms with Gasteiger partial charge in [0.05, 0.1) is 24.8 Å². The molecule has 4 rings (SSSR count). The summed E-state index contributed by atoms with van der Waals surface area (Å²) in [6, 6.07) is 19.5. The molecule has 1 atom stereocenters. The van der Waals surface area contributed by atoms with E-state index in [0.29, 0.717) is 18.8 Å². The van der Waals surface area contributed by atoms with Crippen LogP contribution in [-0.4, -0.2) is 25.7 Å². The zero-order valence-electron chi connectivity index (χ0n) is 21.1. The zero-order valence-corrected chi connectivity index (χ0v) is 21.1. The van der Waals surface area contributed by atoms with Gasteiger partial charge in [-0.2, -0.15) is 10.4 Å². The average Bonchev–Trinajstić information content (AvgIpc) is 3.32. The maximum atomic E-state index is 11.2. The second-order valence-corrected chi connectivity index (χ2v) is 9.09. The fourth-order valence-electron chi connectivity index (χ4n) is 4.10. The Labute approximate surface area is 216 Å². The van der Waals surface area contributed by atoms with Gasteiger partial charge in [-0.25, -0.2) is 9.50 Å². The van der Waals surface area contributed by atoms with Crippen molar-refractivity contribution in [3.05, 3.63) is 83.3 Å². The molecule has 0 saturated carbocycles. The van der Waals surface area contributed by atoms with E-state index in [9.17, 15) is 9.90 Å². The molecule has 4 aromatic rings. The molecule has 186 valence electrons. The van der Waals surface area contributed by atoms with Gasteiger partial charge in [-0.1, -0.05) is 50.1 Å². The molecule has 0 radical (unpaired) electrons. The van der Waals surface area contributed by atoms with Gasteiger partial charge in [-0.3, -0.25) is 4.79 Å². The van der Waals surface area contributed by atoms with Crippen LogP contribution in [-0.2, 0) is 17.8 Å². The van der Waals surface area contributed by atoms with Crippen LogP contribution < -0.4 is 4.74 Å². The Hall–Kier alpha value is -4.62. The van der Waals surface area contributed by atoms with Gasteiger partial charge in [-0.15, -0.1) is 5.92 Å². The zero-order chi connectivity index (χ0) is 26.4. The van der Waals surface area contributed by atoms with Crippen LogP contribution in [0.5, 0.6) is 5.75 Å². The van der Waals surface area contributed by atoms with Crippen molar-refractivity contribution < 1.29 is 14.6 Å². The second kappa shape index (κ2) is 11.4. The highest BCUT2D eigenvalue weighted by atomic mass is 16.5. The molecule has 0 saturated heterocycles. The molecule has 7 nitrogen and oxygen atoms in total. The van der Waals surface area contributed by atoms with Crippen LogP contribution >= 0.6 is 0 Å². The molecule has 2 heterocycles. The molecule has 7 heteroatoms. The summed E-state index contributed by atoms with van der Waals surface area (Å²) in [5, 5.41) is 23.0. The average molecular weight is 493 g/mol. The fourth-order valence-corrected chi connectivity index (χ4v) is 4.10. The monoisotopic (exact) mass is 492 g/mol. The van der Waals surface area contributed by atoms with Crippen LogP contribution in [0.1, 0.15) is 61.5 Å². The molecule has 2 aromatic heterocycles. The number of hydrogen-bond donors (Lipinski definition) is 1. The smallest absolute Gasteiger partial charge is 0.304 e. The normalized spacial score (nSPS) is 11.5. The van der Waals surface area contributed by atoms with E-state index in [1.165, 1.54) is 0 Å². The number of nitriles is 1. The largest absolute Gasteiger partial charge is 0.489 e. The first-order valence-electron chi connectivity index (χ1n) is 12.1. The van der Waals surface area contributed by atoms with E-state index >= 15 is 0 Å². The number of rotatable bonds is 9. The summed E-state index contributed by atoms with van der Waals surface area (Å²) >= 11 is 0. The topological polar surface area (TPSA) is 101 Å². The molecule has 1 N–H and O–H groups in total. The molecular weight excluding hydrogens is 464 g/mol. The fraction of sp³-hybridized carbons (Fsp3) is 0.267. The molecule has 0 unspecified atom stereocenters. The Bertz CT molecular complexity index is 1520. The van der Waals surface area contributed by atoms with Crippen molar-refractivity contribution in [1.82, 2.24) is 14.6 Å². The molecule has 0 amide bonds. The molecule has 0 aliphatic heterocycles. The lowest BCUT2D eigenvalue weighted by atomic mass is 9.96. The number of carboxylic acid groups (broad SMARTS) is 1. The van der Waals surface area contributed by atoms with Gasteiger partial charge in [-0.05, 0) is 47.9 Å². The maximum absolute atomic E-state index is 11.2. The highest BCUT2D eigenvalue weighted by Gasteiger charge is 2.16. The maximum Gasteiger partial charge on any atom is 0.304 e. The van der Waals surface area contributed by atoms with Crippen LogP contribution in [0, 0.1) is 23.2 Å². The van der Waals surface area contributed by atoms with Gasteiger partial charge < -0.3 is 9.84 Å². The lowest BCUT2D eigenvalue weighted by Crippen LogP contribution is -2.05. The highest BCUT2D eigenvalue weighted by molar-refractivity contribution is 5.78. The Kier molecular flexibility index (Phi) is 7.86. The van der Waals surface area contributed by atoms with Crippen molar-refractivity contribution >= 4 is 11.6 Å². The SMILES string of the molecule is CC#C[C@@H](CC(=O)O)c1ccc(OCc2cc(-c3cccc(CC#N)c3)c3nc(C(C)C)nn3c2)cc1. The molecular formula is C30H28N4O3. The Morgan fingerprint density at radius 2 is 1.92 bits per heavy atom. The summed E-state index contributed by atoms with van der Waals surface area (Å²) in [5.41, 5.74) is 5.34. The number of pyridine rings is 1. The second-order valence-electron chi connectivity index (χ2n) is 9.09. The van der Waals surface area contributed by atoms with E-state index in [1.807, 2.05) is 60.8 Å². The lowest BCUT2D eigenvalue weighted by molar-refractivity contribution is -0.137. The first-order chi connectivity index (χ1) is 17.9. The van der Waals surface area contributed by atoms with Crippen LogP contribution in [0.2, 0.25) is 0 Å². The summed E-state index contributed by atoms with van der Waals surface area (Å²) in [7, 11) is 0. The summed E-state index contributed by atoms with van der Waals surface area (Å²) in [5.74, 6) is 6.14. The predicted octanol–water partition coefficient (Wildman–Crippen LogP) is 5.75. The third-order valence-electron chi connectivity index (χ3n) is 5.93. The molecule has 0 aliphatic rings. The number of benzene rings is 2. The quantitative estimate of drug-likeness (QED) is 0.299. The summed E-state index contributed by atoms with van der Waals surface area (Å²) in [6.07, 6.45) is 2.21. The van der Waals surface area contributed by atoms with E-state index in [2.05, 4.69) is 36.9 Å². The van der Waals surface area contributed by atoms with Crippen molar-refractivity contribution in [3.8, 4) is 34.8 Å². The van der Waals surface area contributed by atoms with Crippen LogP contribution in [0.25, 0.3) is 16.8 Å². The highest BCUT2D eigenvalue weighted by Crippen LogP contribution is 2.28. The van der Waals surface area contributed by atoms with Crippen molar-refractivity contribution in [2.45, 2.75) is 52.1 Å². The van der Waals surface area contributed by atoms with Gasteiger partial charge in [0.15, 0.2) is 11.5 Å². The van der Waals surface area contributed by atoms with E-state index in [0.717, 1.165) is 39.3 Å². The Morgan fingerprint density at radius 1 is 1.14 bits per heavy atom. The number of aliphatic carboxylic acids is 1. The minimum absolute atomic E-state index is 0.0460. The number of nitrogens with zero attached hydrogens (tertiary/aromatic N) is 4. The minimum atomic E-state index is -0.883. The molecule has 0 fully saturated rings. The van der Waals surface area contributed by atoms with E-state index in [-0.39, 0.29) is 18.3 Å². The van der Waals surface area contributed by atoms with E-state index in [1.54, 1.807) is 11.4 Å². The molecule has 0 aliphatic carbocycles. The van der Waals surface area contributed by atoms with Crippen molar-refractivity contribution in [3.63, 3.8) is 0 Å². The summed E-state index contributed by atoms with van der Waals surface area (Å²) in [6.45, 7) is 6.13. The van der Waals surface area contributed by atoms with Gasteiger partial charge in [0, 0.05) is 23.2 Å². The number of carboxylic acids is 1. The molecule has 0 bridgehead atoms. The lowest BCUT2D eigenvalue weighted by Gasteiger charge is -2.12. The summed E-state index contributed by atoms with van der Waals surface area (Å²) in [4.78, 5) is 16.0. The Balaban J connectivity index is 1.62. The van der Waals surface area contributed by atoms with E-state index in [4.69, 9.17) is 15.0 Å². The predicted molar refractivity (Wildman–Crippen MR) is 141 cm³/mol. The van der Waals surface area contributed by atoms with Gasteiger partial charge in [0.1, 0.15) is 12.4 Å². The summed E-state index contributed by atoms with van der Waals surface area (Å²) < 4.78 is 7.86. The van der Waals surface area contributed by atoms with Crippen molar-refractivity contribution in [1.29, 1.82) is 5.26 Å². The number of aromatic nitrogens is 3. The van der Waals surface area contributed by atoms with Crippen molar-refractivity contribution in [2.75, 3.05) is 0 Å². The van der Waals surface area contributed by atoms with Crippen LogP contribution in [0.4, 0.5) is 0 Å². The van der Waals surface area contributed by atoms with Crippen LogP contribution in [0.3, 0.4) is 0 Å². The first-order valence-corrected chi connectivity index (χ1v) is 12.1. The number of hydrogen-bond acceptors (Lipinski definition) is 5. The van der Waals surface area contributed by atoms with Gasteiger partial charge >= 0.3 is 5.97 Å². The minimum Gasteiger partial charge on any atom is -0.489 e. The molecule has 0 spiro atoms. The van der Waals surface area contributed by atoms with Gasteiger partial charge in [0.25, 0.3) is 0 Å². The van der Waals surface area contributed by atoms with E-state index < -0.39 is 5.97 Å². The molecule has 2 aromatic carbocycles.